The fraction of sp³-hybridized carbons (Fsp3) is 0.941. The molecule has 5 nitrogen and oxygen atoms in total. The molecule has 0 bridgehead atoms. The Bertz CT molecular complexity index is 506. The molecule has 0 aromatic carbocycles. The number of halogens is 1. The molecule has 2 aliphatic rings. The van der Waals surface area contributed by atoms with Gasteiger partial charge in [0, 0.05) is 25.8 Å². The van der Waals surface area contributed by atoms with Crippen molar-refractivity contribution in [3.8, 4) is 0 Å². The molecule has 1 heterocycles. The first kappa shape index (κ1) is 21.7. The van der Waals surface area contributed by atoms with Crippen LogP contribution >= 0.6 is 12.4 Å². The van der Waals surface area contributed by atoms with Gasteiger partial charge in [0.25, 0.3) is 0 Å². The molecule has 2 rings (SSSR count). The molecule has 1 saturated heterocycles. The van der Waals surface area contributed by atoms with Crippen LogP contribution in [-0.2, 0) is 14.6 Å². The van der Waals surface area contributed by atoms with Crippen LogP contribution in [0.1, 0.15) is 51.9 Å². The van der Waals surface area contributed by atoms with Crippen molar-refractivity contribution < 1.29 is 13.2 Å². The highest BCUT2D eigenvalue weighted by Crippen LogP contribution is 2.29. The third-order valence-electron chi connectivity index (χ3n) is 5.79. The second-order valence-corrected chi connectivity index (χ2v) is 9.76. The molecule has 3 unspecified atom stereocenters. The van der Waals surface area contributed by atoms with Gasteiger partial charge < -0.3 is 10.2 Å². The summed E-state index contributed by atoms with van der Waals surface area (Å²) in [6.07, 6.45) is 7.56. The first-order chi connectivity index (χ1) is 10.8. The van der Waals surface area contributed by atoms with Crippen molar-refractivity contribution >= 4 is 28.2 Å². The van der Waals surface area contributed by atoms with E-state index >= 15 is 0 Å². The second kappa shape index (κ2) is 9.39. The third kappa shape index (κ3) is 5.60. The summed E-state index contributed by atoms with van der Waals surface area (Å²) >= 11 is 0. The van der Waals surface area contributed by atoms with Crippen LogP contribution in [0.2, 0.25) is 0 Å². The minimum absolute atomic E-state index is 0. The monoisotopic (exact) mass is 380 g/mol. The number of nitrogens with one attached hydrogen (secondary N) is 1. The summed E-state index contributed by atoms with van der Waals surface area (Å²) < 4.78 is 24.1. The van der Waals surface area contributed by atoms with E-state index in [4.69, 9.17) is 0 Å². The van der Waals surface area contributed by atoms with Gasteiger partial charge in [0.15, 0.2) is 9.84 Å². The van der Waals surface area contributed by atoms with Crippen LogP contribution in [0.4, 0.5) is 0 Å². The molecule has 7 heteroatoms. The molecule has 1 aliphatic carbocycles. The maximum atomic E-state index is 12.7. The van der Waals surface area contributed by atoms with Crippen LogP contribution in [0, 0.1) is 11.8 Å². The van der Waals surface area contributed by atoms with Crippen LogP contribution in [0.25, 0.3) is 0 Å². The van der Waals surface area contributed by atoms with Gasteiger partial charge in [0.2, 0.25) is 5.91 Å². The Balaban J connectivity index is 0.00000288. The fourth-order valence-electron chi connectivity index (χ4n) is 4.20. The van der Waals surface area contributed by atoms with E-state index in [0.717, 1.165) is 45.2 Å². The standard InChI is InChI=1S/C17H32N2O3S.ClH/c1-13(14-8-10-18-11-9-14)12-17(20)19(2)15-6-4-5-7-16(15)23(3,21)22;/h13-16,18H,4-12H2,1-3H3;1H. The van der Waals surface area contributed by atoms with Gasteiger partial charge in [-0.1, -0.05) is 19.8 Å². The van der Waals surface area contributed by atoms with E-state index in [0.29, 0.717) is 24.7 Å². The van der Waals surface area contributed by atoms with Gasteiger partial charge in [0.05, 0.1) is 5.25 Å². The normalized spacial score (nSPS) is 27.1. The number of hydrogen-bond acceptors (Lipinski definition) is 4. The predicted octanol–water partition coefficient (Wildman–Crippen LogP) is 2.25. The van der Waals surface area contributed by atoms with Crippen LogP contribution in [0.5, 0.6) is 0 Å². The number of piperidine rings is 1. The Morgan fingerprint density at radius 2 is 1.75 bits per heavy atom. The molecule has 0 spiro atoms. The van der Waals surface area contributed by atoms with Gasteiger partial charge in [-0.3, -0.25) is 4.79 Å². The van der Waals surface area contributed by atoms with E-state index in [1.807, 2.05) is 0 Å². The van der Waals surface area contributed by atoms with Gasteiger partial charge in [-0.15, -0.1) is 12.4 Å². The fourth-order valence-corrected chi connectivity index (χ4v) is 5.69. The molecule has 1 N–H and O–H groups in total. The maximum Gasteiger partial charge on any atom is 0.222 e. The van der Waals surface area contributed by atoms with Crippen molar-refractivity contribution in [2.75, 3.05) is 26.4 Å². The SMILES string of the molecule is CC(CC(=O)N(C)C1CCCCC1S(C)(=O)=O)C1CCNCC1.Cl. The summed E-state index contributed by atoms with van der Waals surface area (Å²) in [5.41, 5.74) is 0. The van der Waals surface area contributed by atoms with Crippen molar-refractivity contribution in [2.24, 2.45) is 11.8 Å². The molecule has 1 saturated carbocycles. The second-order valence-electron chi connectivity index (χ2n) is 7.49. The lowest BCUT2D eigenvalue weighted by atomic mass is 9.83. The van der Waals surface area contributed by atoms with Gasteiger partial charge in [-0.05, 0) is 50.6 Å². The molecule has 24 heavy (non-hydrogen) atoms. The molecular formula is C17H33ClN2O3S. The van der Waals surface area contributed by atoms with Gasteiger partial charge in [-0.2, -0.15) is 0 Å². The average Bonchev–Trinajstić information content (AvgIpc) is 2.54. The Morgan fingerprint density at radius 1 is 1.17 bits per heavy atom. The predicted molar refractivity (Wildman–Crippen MR) is 100 cm³/mol. The molecule has 2 fully saturated rings. The number of sulfone groups is 1. The first-order valence-electron chi connectivity index (χ1n) is 8.96. The topological polar surface area (TPSA) is 66.5 Å². The largest absolute Gasteiger partial charge is 0.341 e. The van der Waals surface area contributed by atoms with E-state index in [-0.39, 0.29) is 29.6 Å². The van der Waals surface area contributed by atoms with E-state index < -0.39 is 9.84 Å². The van der Waals surface area contributed by atoms with Crippen molar-refractivity contribution in [2.45, 2.75) is 63.2 Å². The van der Waals surface area contributed by atoms with Crippen molar-refractivity contribution in [1.29, 1.82) is 0 Å². The summed E-state index contributed by atoms with van der Waals surface area (Å²) in [7, 11) is -1.31. The summed E-state index contributed by atoms with van der Waals surface area (Å²) in [6.45, 7) is 4.24. The number of hydrogen-bond donors (Lipinski definition) is 1. The molecule has 0 radical (unpaired) electrons. The van der Waals surface area contributed by atoms with Crippen LogP contribution in [0.3, 0.4) is 0 Å². The molecule has 0 aromatic rings. The molecule has 142 valence electrons. The Kier molecular flexibility index (Phi) is 8.50. The highest BCUT2D eigenvalue weighted by Gasteiger charge is 2.37. The lowest BCUT2D eigenvalue weighted by molar-refractivity contribution is -0.133. The molecule has 1 amide bonds. The van der Waals surface area contributed by atoms with E-state index in [9.17, 15) is 13.2 Å². The number of carbonyl (C=O) groups excluding carboxylic acids is 1. The highest BCUT2D eigenvalue weighted by molar-refractivity contribution is 7.91. The van der Waals surface area contributed by atoms with Crippen molar-refractivity contribution in [1.82, 2.24) is 10.2 Å². The average molecular weight is 381 g/mol. The van der Waals surface area contributed by atoms with E-state index in [1.165, 1.54) is 6.26 Å². The first-order valence-corrected chi connectivity index (χ1v) is 10.9. The van der Waals surface area contributed by atoms with Crippen molar-refractivity contribution in [3.63, 3.8) is 0 Å². The van der Waals surface area contributed by atoms with E-state index in [2.05, 4.69) is 12.2 Å². The number of amides is 1. The number of carbonyl (C=O) groups is 1. The summed E-state index contributed by atoms with van der Waals surface area (Å²) in [5, 5.41) is 2.97. The minimum atomic E-state index is -3.10. The summed E-state index contributed by atoms with van der Waals surface area (Å²) in [6, 6.07) is -0.147. The lowest BCUT2D eigenvalue weighted by Gasteiger charge is -2.38. The Labute approximate surface area is 153 Å². The zero-order valence-corrected chi connectivity index (χ0v) is 16.8. The Hall–Kier alpha value is -0.330. The molecule has 0 aromatic heterocycles. The lowest BCUT2D eigenvalue weighted by Crippen LogP contribution is -2.49. The molecule has 3 atom stereocenters. The van der Waals surface area contributed by atoms with Gasteiger partial charge in [0.1, 0.15) is 0 Å². The number of rotatable bonds is 5. The maximum absolute atomic E-state index is 12.7. The van der Waals surface area contributed by atoms with Gasteiger partial charge in [-0.25, -0.2) is 8.42 Å². The summed E-state index contributed by atoms with van der Waals surface area (Å²) in [4.78, 5) is 14.4. The zero-order chi connectivity index (χ0) is 17.0. The van der Waals surface area contributed by atoms with E-state index in [1.54, 1.807) is 11.9 Å². The van der Waals surface area contributed by atoms with Crippen LogP contribution in [-0.4, -0.2) is 56.9 Å². The Morgan fingerprint density at radius 3 is 2.33 bits per heavy atom. The zero-order valence-electron chi connectivity index (χ0n) is 15.2. The quantitative estimate of drug-likeness (QED) is 0.794. The highest BCUT2D eigenvalue weighted by atomic mass is 35.5. The molecule has 1 aliphatic heterocycles. The van der Waals surface area contributed by atoms with Gasteiger partial charge >= 0.3 is 0 Å². The minimum Gasteiger partial charge on any atom is -0.341 e. The smallest absolute Gasteiger partial charge is 0.222 e. The van der Waals surface area contributed by atoms with Crippen LogP contribution < -0.4 is 5.32 Å². The third-order valence-corrected chi connectivity index (χ3v) is 7.44. The van der Waals surface area contributed by atoms with Crippen molar-refractivity contribution in [3.05, 3.63) is 0 Å². The van der Waals surface area contributed by atoms with Crippen LogP contribution in [0.15, 0.2) is 0 Å². The summed E-state index contributed by atoms with van der Waals surface area (Å²) in [5.74, 6) is 1.08. The molecular weight excluding hydrogens is 348 g/mol. The number of nitrogens with zero attached hydrogens (tertiary/aromatic N) is 1.